The molecule has 0 saturated carbocycles. The highest BCUT2D eigenvalue weighted by molar-refractivity contribution is 7.26. The van der Waals surface area contributed by atoms with Gasteiger partial charge < -0.3 is 0 Å². The predicted molar refractivity (Wildman–Crippen MR) is 200 cm³/mol. The fourth-order valence-electron chi connectivity index (χ4n) is 6.54. The van der Waals surface area contributed by atoms with Crippen LogP contribution in [0.3, 0.4) is 0 Å². The second-order valence-corrected chi connectivity index (χ2v) is 12.8. The van der Waals surface area contributed by atoms with E-state index in [1.807, 2.05) is 23.5 Å². The third-order valence-electron chi connectivity index (χ3n) is 8.90. The third kappa shape index (κ3) is 4.98. The molecule has 7 aromatic carbocycles. The molecule has 220 valence electrons. The zero-order valence-electron chi connectivity index (χ0n) is 25.5. The number of hydrogen-bond donors (Lipinski definition) is 0. The van der Waals surface area contributed by atoms with Crippen molar-refractivity contribution < 1.29 is 0 Å². The molecule has 2 nitrogen and oxygen atoms in total. The van der Waals surface area contributed by atoms with E-state index in [1.165, 1.54) is 53.2 Å². The summed E-state index contributed by atoms with van der Waals surface area (Å²) in [4.78, 5) is 10.4. The van der Waals surface area contributed by atoms with Gasteiger partial charge >= 0.3 is 0 Å². The molecule has 2 heterocycles. The summed E-state index contributed by atoms with van der Waals surface area (Å²) in [6.45, 7) is 0. The van der Waals surface area contributed by atoms with Crippen LogP contribution in [-0.2, 0) is 0 Å². The molecule has 0 spiro atoms. The molecule has 47 heavy (non-hydrogen) atoms. The zero-order chi connectivity index (χ0) is 31.2. The van der Waals surface area contributed by atoms with Crippen LogP contribution >= 0.6 is 11.3 Å². The maximum Gasteiger partial charge on any atom is 0.160 e. The monoisotopic (exact) mass is 616 g/mol. The minimum atomic E-state index is 0.714. The van der Waals surface area contributed by atoms with Crippen LogP contribution < -0.4 is 0 Å². The smallest absolute Gasteiger partial charge is 0.160 e. The minimum absolute atomic E-state index is 0.714. The number of rotatable bonds is 5. The molecule has 9 rings (SSSR count). The fraction of sp³-hybridized carbons (Fsp3) is 0. The van der Waals surface area contributed by atoms with Crippen LogP contribution in [0.25, 0.3) is 87.1 Å². The molecule has 0 aliphatic heterocycles. The second-order valence-electron chi connectivity index (χ2n) is 11.8. The lowest BCUT2D eigenvalue weighted by molar-refractivity contribution is 1.18. The molecule has 3 heteroatoms. The zero-order valence-corrected chi connectivity index (χ0v) is 26.3. The Morgan fingerprint density at radius 2 is 0.872 bits per heavy atom. The SMILES string of the molecule is c1ccc(-c2ccc(-c3cc(-c4ccccc4)nc(-c4ccc5c(c4)c(-c4ccccc4)cc4c6ccccc6sc54)n3)cc2)cc1. The van der Waals surface area contributed by atoms with Crippen molar-refractivity contribution in [3.63, 3.8) is 0 Å². The van der Waals surface area contributed by atoms with Gasteiger partial charge in [0.2, 0.25) is 0 Å². The lowest BCUT2D eigenvalue weighted by Gasteiger charge is -2.13. The standard InChI is InChI=1S/C44H28N2S/c1-4-12-29(13-5-1)30-20-22-33(23-21-30)41-28-40(32-16-8-3-9-17-32)45-44(46-41)34-24-25-36-38(26-34)37(31-14-6-2-7-15-31)27-39-35-18-10-11-19-42(35)47-43(36)39/h1-28H. The summed E-state index contributed by atoms with van der Waals surface area (Å²) in [5.74, 6) is 0.714. The Morgan fingerprint density at radius 1 is 0.340 bits per heavy atom. The van der Waals surface area contributed by atoms with Crippen LogP contribution in [0, 0.1) is 0 Å². The molecule has 9 aromatic rings. The van der Waals surface area contributed by atoms with E-state index in [1.54, 1.807) is 0 Å². The predicted octanol–water partition coefficient (Wildman–Crippen LogP) is 12.3. The van der Waals surface area contributed by atoms with Crippen molar-refractivity contribution in [3.8, 4) is 56.2 Å². The topological polar surface area (TPSA) is 25.8 Å². The Bertz CT molecular complexity index is 2540. The van der Waals surface area contributed by atoms with E-state index in [4.69, 9.17) is 9.97 Å². The van der Waals surface area contributed by atoms with E-state index >= 15 is 0 Å². The van der Waals surface area contributed by atoms with E-state index in [2.05, 4.69) is 158 Å². The molecule has 2 aromatic heterocycles. The van der Waals surface area contributed by atoms with E-state index in [0.717, 1.165) is 28.1 Å². The lowest BCUT2D eigenvalue weighted by atomic mass is 9.94. The number of thiophene rings is 1. The van der Waals surface area contributed by atoms with Crippen LogP contribution in [0.1, 0.15) is 0 Å². The summed E-state index contributed by atoms with van der Waals surface area (Å²) in [6, 6.07) is 60.2. The summed E-state index contributed by atoms with van der Waals surface area (Å²) >= 11 is 1.86. The van der Waals surface area contributed by atoms with E-state index in [-0.39, 0.29) is 0 Å². The maximum absolute atomic E-state index is 5.20. The minimum Gasteiger partial charge on any atom is -0.228 e. The normalized spacial score (nSPS) is 11.4. The van der Waals surface area contributed by atoms with Gasteiger partial charge in [-0.2, -0.15) is 0 Å². The van der Waals surface area contributed by atoms with Gasteiger partial charge in [-0.05, 0) is 51.9 Å². The van der Waals surface area contributed by atoms with Crippen molar-refractivity contribution in [3.05, 3.63) is 170 Å². The quantitative estimate of drug-likeness (QED) is 0.192. The second kappa shape index (κ2) is 11.5. The van der Waals surface area contributed by atoms with Crippen molar-refractivity contribution in [1.82, 2.24) is 9.97 Å². The van der Waals surface area contributed by atoms with Crippen molar-refractivity contribution in [2.24, 2.45) is 0 Å². The first-order valence-electron chi connectivity index (χ1n) is 15.8. The third-order valence-corrected chi connectivity index (χ3v) is 10.1. The van der Waals surface area contributed by atoms with Gasteiger partial charge in [0.15, 0.2) is 5.82 Å². The maximum atomic E-state index is 5.20. The molecule has 0 aliphatic carbocycles. The van der Waals surface area contributed by atoms with Gasteiger partial charge in [-0.25, -0.2) is 9.97 Å². The number of benzene rings is 7. The molecule has 0 bridgehead atoms. The van der Waals surface area contributed by atoms with Gasteiger partial charge in [0.1, 0.15) is 0 Å². The molecular weight excluding hydrogens is 589 g/mol. The average molecular weight is 617 g/mol. The van der Waals surface area contributed by atoms with Gasteiger partial charge in [0.25, 0.3) is 0 Å². The van der Waals surface area contributed by atoms with Crippen LogP contribution in [0.15, 0.2) is 170 Å². The molecule has 0 radical (unpaired) electrons. The molecular formula is C44H28N2S. The summed E-state index contributed by atoms with van der Waals surface area (Å²) in [7, 11) is 0. The van der Waals surface area contributed by atoms with Crippen molar-refractivity contribution >= 4 is 42.3 Å². The van der Waals surface area contributed by atoms with Crippen LogP contribution in [0.4, 0.5) is 0 Å². The molecule has 0 amide bonds. The largest absolute Gasteiger partial charge is 0.228 e. The number of nitrogens with zero attached hydrogens (tertiary/aromatic N) is 2. The highest BCUT2D eigenvalue weighted by Crippen LogP contribution is 2.43. The van der Waals surface area contributed by atoms with Gasteiger partial charge in [0.05, 0.1) is 11.4 Å². The van der Waals surface area contributed by atoms with Crippen LogP contribution in [0.5, 0.6) is 0 Å². The number of aromatic nitrogens is 2. The van der Waals surface area contributed by atoms with Gasteiger partial charge in [-0.3, -0.25) is 0 Å². The van der Waals surface area contributed by atoms with Crippen molar-refractivity contribution in [2.45, 2.75) is 0 Å². The highest BCUT2D eigenvalue weighted by atomic mass is 32.1. The first-order chi connectivity index (χ1) is 23.3. The van der Waals surface area contributed by atoms with Gasteiger partial charge in [-0.15, -0.1) is 11.3 Å². The van der Waals surface area contributed by atoms with E-state index < -0.39 is 0 Å². The molecule has 0 atom stereocenters. The van der Waals surface area contributed by atoms with Gasteiger partial charge in [-0.1, -0.05) is 146 Å². The summed E-state index contributed by atoms with van der Waals surface area (Å²) in [5, 5.41) is 5.06. The van der Waals surface area contributed by atoms with Crippen molar-refractivity contribution in [1.29, 1.82) is 0 Å². The molecule has 0 aliphatic rings. The molecule has 0 saturated heterocycles. The first-order valence-corrected chi connectivity index (χ1v) is 16.6. The van der Waals surface area contributed by atoms with E-state index in [9.17, 15) is 0 Å². The summed E-state index contributed by atoms with van der Waals surface area (Å²) < 4.78 is 2.62. The Hall–Kier alpha value is -5.90. The van der Waals surface area contributed by atoms with E-state index in [0.29, 0.717) is 5.82 Å². The highest BCUT2D eigenvalue weighted by Gasteiger charge is 2.16. The Kier molecular flexibility index (Phi) is 6.69. The van der Waals surface area contributed by atoms with Crippen LogP contribution in [-0.4, -0.2) is 9.97 Å². The fourth-order valence-corrected chi connectivity index (χ4v) is 7.76. The lowest BCUT2D eigenvalue weighted by Crippen LogP contribution is -1.96. The molecule has 0 fully saturated rings. The molecule has 0 N–H and O–H groups in total. The number of fused-ring (bicyclic) bond motifs is 5. The Morgan fingerprint density at radius 3 is 1.57 bits per heavy atom. The molecule has 0 unspecified atom stereocenters. The van der Waals surface area contributed by atoms with Crippen molar-refractivity contribution in [2.75, 3.05) is 0 Å². The Balaban J connectivity index is 1.25. The van der Waals surface area contributed by atoms with Crippen LogP contribution in [0.2, 0.25) is 0 Å². The average Bonchev–Trinajstić information content (AvgIpc) is 3.54. The van der Waals surface area contributed by atoms with Gasteiger partial charge in [0, 0.05) is 42.2 Å². The number of hydrogen-bond acceptors (Lipinski definition) is 3. The summed E-state index contributed by atoms with van der Waals surface area (Å²) in [6.07, 6.45) is 0. The first kappa shape index (κ1) is 27.4. The summed E-state index contributed by atoms with van der Waals surface area (Å²) in [5.41, 5.74) is 9.72. The Labute approximate surface area is 277 Å².